The molecule has 2 aromatic carbocycles. The number of carbonyl (C=O) groups is 1. The summed E-state index contributed by atoms with van der Waals surface area (Å²) in [5, 5.41) is 12.6. The van der Waals surface area contributed by atoms with E-state index in [1.54, 1.807) is 30.3 Å². The van der Waals surface area contributed by atoms with Crippen molar-refractivity contribution in [3.63, 3.8) is 0 Å². The Morgan fingerprint density at radius 1 is 1.20 bits per heavy atom. The van der Waals surface area contributed by atoms with Crippen molar-refractivity contribution < 1.29 is 23.1 Å². The van der Waals surface area contributed by atoms with E-state index < -0.39 is 22.0 Å². The number of anilines is 1. The van der Waals surface area contributed by atoms with Gasteiger partial charge in [-0.05, 0) is 23.8 Å². The van der Waals surface area contributed by atoms with Gasteiger partial charge in [0.15, 0.2) is 0 Å². The molecule has 1 atom stereocenters. The van der Waals surface area contributed by atoms with Crippen molar-refractivity contribution in [3.05, 3.63) is 54.1 Å². The quantitative estimate of drug-likeness (QED) is 0.860. The van der Waals surface area contributed by atoms with E-state index in [0.29, 0.717) is 5.56 Å². The average molecular weight is 362 g/mol. The summed E-state index contributed by atoms with van der Waals surface area (Å²) in [4.78, 5) is 11.7. The summed E-state index contributed by atoms with van der Waals surface area (Å²) in [5.41, 5.74) is 1.44. The van der Waals surface area contributed by atoms with Gasteiger partial charge in [0.05, 0.1) is 7.11 Å². The van der Waals surface area contributed by atoms with Gasteiger partial charge < -0.3 is 15.2 Å². The van der Waals surface area contributed by atoms with Crippen LogP contribution in [-0.2, 0) is 21.4 Å². The second kappa shape index (κ2) is 6.73. The summed E-state index contributed by atoms with van der Waals surface area (Å²) in [5.74, 6) is -1.03. The van der Waals surface area contributed by atoms with Crippen LogP contribution in [0.4, 0.5) is 5.69 Å². The van der Waals surface area contributed by atoms with Crippen LogP contribution in [0.5, 0.6) is 5.75 Å². The topological polar surface area (TPSA) is 95.9 Å². The van der Waals surface area contributed by atoms with Crippen molar-refractivity contribution >= 4 is 21.7 Å². The lowest BCUT2D eigenvalue weighted by Gasteiger charge is -2.26. The van der Waals surface area contributed by atoms with Crippen LogP contribution in [0.25, 0.3) is 0 Å². The van der Waals surface area contributed by atoms with Crippen LogP contribution in [0.15, 0.2) is 53.4 Å². The summed E-state index contributed by atoms with van der Waals surface area (Å²) in [7, 11) is -2.70. The van der Waals surface area contributed by atoms with Crippen molar-refractivity contribution in [3.8, 4) is 5.75 Å². The molecule has 0 fully saturated rings. The lowest BCUT2D eigenvalue weighted by molar-refractivity contribution is -0.141. The Morgan fingerprint density at radius 2 is 1.88 bits per heavy atom. The van der Waals surface area contributed by atoms with Crippen molar-refractivity contribution in [2.75, 3.05) is 19.0 Å². The van der Waals surface area contributed by atoms with Gasteiger partial charge in [-0.1, -0.05) is 30.3 Å². The Balaban J connectivity index is 2.11. The highest BCUT2D eigenvalue weighted by atomic mass is 32.2. The number of aliphatic carboxylic acids is 1. The normalized spacial score (nSPS) is 17.9. The highest BCUT2D eigenvalue weighted by Crippen LogP contribution is 2.31. The maximum absolute atomic E-state index is 13.2. The van der Waals surface area contributed by atoms with Gasteiger partial charge in [-0.25, -0.2) is 8.42 Å². The van der Waals surface area contributed by atoms with Crippen LogP contribution < -0.4 is 10.1 Å². The van der Waals surface area contributed by atoms with Crippen molar-refractivity contribution in [1.82, 2.24) is 4.31 Å². The molecule has 7 nitrogen and oxygen atoms in total. The summed E-state index contributed by atoms with van der Waals surface area (Å²) in [6.07, 6.45) is 0. The minimum atomic E-state index is -4.08. The first kappa shape index (κ1) is 17.2. The summed E-state index contributed by atoms with van der Waals surface area (Å²) in [6.45, 7) is -0.0682. The number of nitrogens with one attached hydrogen (secondary N) is 1. The Hall–Kier alpha value is -2.58. The van der Waals surface area contributed by atoms with Crippen LogP contribution in [0.3, 0.4) is 0 Å². The highest BCUT2D eigenvalue weighted by Gasteiger charge is 2.39. The van der Waals surface area contributed by atoms with Gasteiger partial charge in [0, 0.05) is 18.8 Å². The number of carboxylic acid groups (broad SMARTS) is 1. The van der Waals surface area contributed by atoms with Crippen LogP contribution in [-0.4, -0.2) is 43.5 Å². The molecular formula is C17H18N2O5S. The number of methoxy groups -OCH3 is 1. The number of para-hydroxylation sites is 2. The van der Waals surface area contributed by atoms with Gasteiger partial charge in [0.1, 0.15) is 16.7 Å². The molecule has 0 spiro atoms. The van der Waals surface area contributed by atoms with Gasteiger partial charge >= 0.3 is 5.97 Å². The van der Waals surface area contributed by atoms with E-state index in [1.807, 2.05) is 6.07 Å². The summed E-state index contributed by atoms with van der Waals surface area (Å²) in [6, 6.07) is 12.1. The van der Waals surface area contributed by atoms with Gasteiger partial charge in [-0.2, -0.15) is 4.31 Å². The molecular weight excluding hydrogens is 344 g/mol. The Kier molecular flexibility index (Phi) is 4.65. The first-order chi connectivity index (χ1) is 11.9. The molecule has 0 amide bonds. The van der Waals surface area contributed by atoms with E-state index in [9.17, 15) is 18.3 Å². The van der Waals surface area contributed by atoms with E-state index in [1.165, 1.54) is 19.2 Å². The molecule has 3 rings (SSSR count). The minimum absolute atomic E-state index is 0.0271. The molecule has 0 aliphatic carbocycles. The van der Waals surface area contributed by atoms with Crippen molar-refractivity contribution in [2.45, 2.75) is 17.5 Å². The third-order valence-electron chi connectivity index (χ3n) is 4.12. The molecule has 8 heteroatoms. The number of carboxylic acids is 1. The predicted molar refractivity (Wildman–Crippen MR) is 92.1 cm³/mol. The zero-order chi connectivity index (χ0) is 18.0. The Morgan fingerprint density at radius 3 is 2.60 bits per heavy atom. The highest BCUT2D eigenvalue weighted by molar-refractivity contribution is 7.89. The van der Waals surface area contributed by atoms with Gasteiger partial charge in [0.25, 0.3) is 0 Å². The molecule has 2 aromatic rings. The minimum Gasteiger partial charge on any atom is -0.495 e. The lowest BCUT2D eigenvalue weighted by atomic mass is 10.2. The summed E-state index contributed by atoms with van der Waals surface area (Å²) < 4.78 is 32.6. The second-order valence-electron chi connectivity index (χ2n) is 5.59. The monoisotopic (exact) mass is 362 g/mol. The van der Waals surface area contributed by atoms with Crippen LogP contribution >= 0.6 is 0 Å². The molecule has 1 aliphatic heterocycles. The third-order valence-corrected chi connectivity index (χ3v) is 6.01. The largest absolute Gasteiger partial charge is 0.495 e. The maximum atomic E-state index is 13.2. The van der Waals surface area contributed by atoms with Crippen LogP contribution in [0, 0.1) is 0 Å². The number of ether oxygens (including phenoxy) is 1. The fourth-order valence-electron chi connectivity index (χ4n) is 2.84. The number of nitrogens with zero attached hydrogens (tertiary/aromatic N) is 1. The van der Waals surface area contributed by atoms with Crippen LogP contribution in [0.2, 0.25) is 0 Å². The van der Waals surface area contributed by atoms with Gasteiger partial charge in [-0.15, -0.1) is 0 Å². The Bertz CT molecular complexity index is 897. The smallest absolute Gasteiger partial charge is 0.323 e. The number of benzene rings is 2. The fourth-order valence-corrected chi connectivity index (χ4v) is 4.56. The third kappa shape index (κ3) is 3.18. The van der Waals surface area contributed by atoms with Crippen LogP contribution in [0.1, 0.15) is 5.56 Å². The molecule has 2 N–H and O–H groups in total. The number of sulfonamides is 1. The zero-order valence-electron chi connectivity index (χ0n) is 13.5. The summed E-state index contributed by atoms with van der Waals surface area (Å²) >= 11 is 0. The zero-order valence-corrected chi connectivity index (χ0v) is 14.4. The Labute approximate surface area is 145 Å². The number of fused-ring (bicyclic) bond motifs is 1. The second-order valence-corrected chi connectivity index (χ2v) is 7.45. The van der Waals surface area contributed by atoms with E-state index >= 15 is 0 Å². The average Bonchev–Trinajstić information content (AvgIpc) is 2.82. The van der Waals surface area contributed by atoms with E-state index in [4.69, 9.17) is 4.74 Å². The maximum Gasteiger partial charge on any atom is 0.323 e. The van der Waals surface area contributed by atoms with E-state index in [2.05, 4.69) is 5.32 Å². The molecule has 0 saturated carbocycles. The standard InChI is InChI=1S/C17H18N2O5S/c1-24-15-8-4-5-9-16(15)25(22,23)19-11-12-6-2-3-7-13(12)18-10-14(19)17(20)21/h2-9,14,18H,10-11H2,1H3,(H,20,21). The van der Waals surface area contributed by atoms with Crippen molar-refractivity contribution in [1.29, 1.82) is 0 Å². The first-order valence-electron chi connectivity index (χ1n) is 7.64. The molecule has 0 saturated heterocycles. The molecule has 132 valence electrons. The number of rotatable bonds is 4. The van der Waals surface area contributed by atoms with Gasteiger partial charge in [0.2, 0.25) is 10.0 Å². The number of hydrogen-bond acceptors (Lipinski definition) is 5. The lowest BCUT2D eigenvalue weighted by Crippen LogP contribution is -2.47. The molecule has 0 radical (unpaired) electrons. The van der Waals surface area contributed by atoms with Crippen molar-refractivity contribution in [2.24, 2.45) is 0 Å². The SMILES string of the molecule is COc1ccccc1S(=O)(=O)N1Cc2ccccc2NCC1C(=O)O. The molecule has 0 aromatic heterocycles. The fraction of sp³-hybridized carbons (Fsp3) is 0.235. The molecule has 1 heterocycles. The van der Waals surface area contributed by atoms with E-state index in [0.717, 1.165) is 9.99 Å². The first-order valence-corrected chi connectivity index (χ1v) is 9.08. The molecule has 0 bridgehead atoms. The predicted octanol–water partition coefficient (Wildman–Crippen LogP) is 1.76. The molecule has 25 heavy (non-hydrogen) atoms. The van der Waals surface area contributed by atoms with E-state index in [-0.39, 0.29) is 23.7 Å². The molecule has 1 aliphatic rings. The molecule has 1 unspecified atom stereocenters. The number of hydrogen-bond donors (Lipinski definition) is 2. The van der Waals surface area contributed by atoms with Gasteiger partial charge in [-0.3, -0.25) is 4.79 Å².